The van der Waals surface area contributed by atoms with E-state index in [2.05, 4.69) is 0 Å². The minimum Gasteiger partial charge on any atom is -0.466 e. The number of Topliss-reactive ketones (excluding diaryl/α,β-unsaturated/α-hetero) is 1. The highest BCUT2D eigenvalue weighted by Crippen LogP contribution is 2.30. The van der Waals surface area contributed by atoms with E-state index in [0.29, 0.717) is 11.4 Å². The molecule has 0 amide bonds. The van der Waals surface area contributed by atoms with Crippen molar-refractivity contribution in [2.75, 3.05) is 0 Å². The van der Waals surface area contributed by atoms with Crippen molar-refractivity contribution in [3.8, 4) is 0 Å². The van der Waals surface area contributed by atoms with Crippen LogP contribution in [-0.4, -0.2) is 5.78 Å². The smallest absolute Gasteiger partial charge is 0.130 e. The molecule has 3 heteroatoms. The molecule has 0 fully saturated rings. The Bertz CT molecular complexity index is 540. The van der Waals surface area contributed by atoms with Crippen LogP contribution in [0.25, 0.3) is 0 Å². The number of halogens is 1. The minimum atomic E-state index is -0.0338. The molecule has 0 aliphatic heterocycles. The third kappa shape index (κ3) is 3.02. The molecule has 18 heavy (non-hydrogen) atoms. The Kier molecular flexibility index (Phi) is 3.87. The van der Waals surface area contributed by atoms with Crippen molar-refractivity contribution in [1.82, 2.24) is 0 Å². The lowest BCUT2D eigenvalue weighted by Gasteiger charge is -2.13. The normalized spacial score (nSPS) is 12.4. The van der Waals surface area contributed by atoms with Crippen LogP contribution in [0.1, 0.15) is 36.3 Å². The predicted octanol–water partition coefficient (Wildman–Crippen LogP) is 4.35. The average Bonchev–Trinajstić information content (AvgIpc) is 2.74. The summed E-state index contributed by atoms with van der Waals surface area (Å²) < 4.78 is 5.65. The van der Waals surface area contributed by atoms with Crippen molar-refractivity contribution in [3.05, 3.63) is 58.5 Å². The van der Waals surface area contributed by atoms with Gasteiger partial charge in [-0.1, -0.05) is 23.7 Å². The third-order valence-electron chi connectivity index (χ3n) is 2.87. The molecule has 0 aliphatic rings. The summed E-state index contributed by atoms with van der Waals surface area (Å²) in [5, 5.41) is 0.691. The Morgan fingerprint density at radius 2 is 1.89 bits per heavy atom. The number of rotatable bonds is 4. The first kappa shape index (κ1) is 12.9. The maximum absolute atomic E-state index is 11.4. The SMILES string of the molecule is CC(=O)CC(c1ccc(Cl)cc1)c1ccc(C)o1. The van der Waals surface area contributed by atoms with Crippen LogP contribution in [0.5, 0.6) is 0 Å². The lowest BCUT2D eigenvalue weighted by Crippen LogP contribution is -2.05. The Morgan fingerprint density at radius 1 is 1.22 bits per heavy atom. The zero-order valence-electron chi connectivity index (χ0n) is 10.4. The third-order valence-corrected chi connectivity index (χ3v) is 3.12. The Morgan fingerprint density at radius 3 is 2.39 bits per heavy atom. The molecular weight excluding hydrogens is 248 g/mol. The topological polar surface area (TPSA) is 30.2 Å². The van der Waals surface area contributed by atoms with E-state index in [9.17, 15) is 4.79 Å². The summed E-state index contributed by atoms with van der Waals surface area (Å²) in [6.07, 6.45) is 0.439. The van der Waals surface area contributed by atoms with Crippen LogP contribution in [0.3, 0.4) is 0 Å². The van der Waals surface area contributed by atoms with E-state index >= 15 is 0 Å². The lowest BCUT2D eigenvalue weighted by atomic mass is 9.92. The molecule has 1 aromatic heterocycles. The molecule has 0 spiro atoms. The molecule has 0 saturated carbocycles. The number of ketones is 1. The van der Waals surface area contributed by atoms with E-state index in [1.54, 1.807) is 6.92 Å². The van der Waals surface area contributed by atoms with E-state index in [4.69, 9.17) is 16.0 Å². The summed E-state index contributed by atoms with van der Waals surface area (Å²) in [5.74, 6) is 1.79. The molecule has 94 valence electrons. The summed E-state index contributed by atoms with van der Waals surface area (Å²) in [6, 6.07) is 11.4. The van der Waals surface area contributed by atoms with Gasteiger partial charge in [-0.15, -0.1) is 0 Å². The largest absolute Gasteiger partial charge is 0.466 e. The molecule has 2 aromatic rings. The van der Waals surface area contributed by atoms with Crippen LogP contribution < -0.4 is 0 Å². The van der Waals surface area contributed by atoms with Crippen LogP contribution in [0.15, 0.2) is 40.8 Å². The molecule has 0 saturated heterocycles. The van der Waals surface area contributed by atoms with Crippen LogP contribution in [0.2, 0.25) is 5.02 Å². The second-order valence-electron chi connectivity index (χ2n) is 4.46. The van der Waals surface area contributed by atoms with Gasteiger partial charge in [0.05, 0.1) is 0 Å². The molecule has 1 unspecified atom stereocenters. The molecule has 1 atom stereocenters. The van der Waals surface area contributed by atoms with Crippen molar-refractivity contribution < 1.29 is 9.21 Å². The van der Waals surface area contributed by atoms with Crippen molar-refractivity contribution in [2.45, 2.75) is 26.2 Å². The Labute approximate surface area is 112 Å². The van der Waals surface area contributed by atoms with E-state index in [1.807, 2.05) is 43.3 Å². The molecule has 0 bridgehead atoms. The highest BCUT2D eigenvalue weighted by Gasteiger charge is 2.19. The highest BCUT2D eigenvalue weighted by molar-refractivity contribution is 6.30. The molecular formula is C15H15ClO2. The molecule has 1 aromatic carbocycles. The van der Waals surface area contributed by atoms with E-state index in [1.165, 1.54) is 0 Å². The van der Waals surface area contributed by atoms with Gasteiger partial charge in [-0.2, -0.15) is 0 Å². The fourth-order valence-electron chi connectivity index (χ4n) is 2.01. The first-order chi connectivity index (χ1) is 8.56. The summed E-state index contributed by atoms with van der Waals surface area (Å²) in [4.78, 5) is 11.4. The van der Waals surface area contributed by atoms with E-state index < -0.39 is 0 Å². The Balaban J connectivity index is 2.36. The minimum absolute atomic E-state index is 0.0338. The summed E-state index contributed by atoms with van der Waals surface area (Å²) >= 11 is 5.88. The van der Waals surface area contributed by atoms with Crippen LogP contribution in [-0.2, 0) is 4.79 Å². The molecule has 1 heterocycles. The zero-order valence-corrected chi connectivity index (χ0v) is 11.2. The van der Waals surface area contributed by atoms with E-state index in [-0.39, 0.29) is 11.7 Å². The maximum atomic E-state index is 11.4. The maximum Gasteiger partial charge on any atom is 0.130 e. The van der Waals surface area contributed by atoms with Crippen molar-refractivity contribution in [2.24, 2.45) is 0 Å². The molecule has 0 N–H and O–H groups in total. The van der Waals surface area contributed by atoms with Crippen LogP contribution in [0.4, 0.5) is 0 Å². The summed E-state index contributed by atoms with van der Waals surface area (Å²) in [6.45, 7) is 3.49. The Hall–Kier alpha value is -1.54. The summed E-state index contributed by atoms with van der Waals surface area (Å²) in [5.41, 5.74) is 1.05. The van der Waals surface area contributed by atoms with Crippen LogP contribution >= 0.6 is 11.6 Å². The number of carbonyl (C=O) groups excluding carboxylic acids is 1. The predicted molar refractivity (Wildman–Crippen MR) is 72.0 cm³/mol. The van der Waals surface area contributed by atoms with Gasteiger partial charge in [0.15, 0.2) is 0 Å². The van der Waals surface area contributed by atoms with Gasteiger partial charge in [0.25, 0.3) is 0 Å². The molecule has 2 rings (SSSR count). The number of aryl methyl sites for hydroxylation is 1. The van der Waals surface area contributed by atoms with Gasteiger partial charge >= 0.3 is 0 Å². The highest BCUT2D eigenvalue weighted by atomic mass is 35.5. The van der Waals surface area contributed by atoms with Gasteiger partial charge in [0.2, 0.25) is 0 Å². The fourth-order valence-corrected chi connectivity index (χ4v) is 2.13. The number of hydrogen-bond acceptors (Lipinski definition) is 2. The number of carbonyl (C=O) groups is 1. The van der Waals surface area contributed by atoms with Gasteiger partial charge < -0.3 is 4.42 Å². The summed E-state index contributed by atoms with van der Waals surface area (Å²) in [7, 11) is 0. The number of furan rings is 1. The standard InChI is InChI=1S/C15H15ClO2/c1-10(17)9-14(15-8-3-11(2)18-15)12-4-6-13(16)7-5-12/h3-8,14H,9H2,1-2H3. The van der Waals surface area contributed by atoms with Crippen molar-refractivity contribution >= 4 is 17.4 Å². The van der Waals surface area contributed by atoms with Gasteiger partial charge in [-0.25, -0.2) is 0 Å². The van der Waals surface area contributed by atoms with Crippen molar-refractivity contribution in [1.29, 1.82) is 0 Å². The van der Waals surface area contributed by atoms with Gasteiger partial charge in [-0.05, 0) is 43.7 Å². The van der Waals surface area contributed by atoms with Crippen LogP contribution in [0, 0.1) is 6.92 Å². The van der Waals surface area contributed by atoms with Gasteiger partial charge in [0.1, 0.15) is 17.3 Å². The molecule has 2 nitrogen and oxygen atoms in total. The quantitative estimate of drug-likeness (QED) is 0.820. The van der Waals surface area contributed by atoms with Gasteiger partial charge in [0, 0.05) is 17.4 Å². The fraction of sp³-hybridized carbons (Fsp3) is 0.267. The average molecular weight is 263 g/mol. The molecule has 0 radical (unpaired) electrons. The second-order valence-corrected chi connectivity index (χ2v) is 4.90. The van der Waals surface area contributed by atoms with Crippen molar-refractivity contribution in [3.63, 3.8) is 0 Å². The first-order valence-corrected chi connectivity index (χ1v) is 6.25. The number of benzene rings is 1. The monoisotopic (exact) mass is 262 g/mol. The zero-order chi connectivity index (χ0) is 13.1. The second kappa shape index (κ2) is 5.40. The first-order valence-electron chi connectivity index (χ1n) is 5.87. The number of hydrogen-bond donors (Lipinski definition) is 0. The van der Waals surface area contributed by atoms with E-state index in [0.717, 1.165) is 17.1 Å². The van der Waals surface area contributed by atoms with Gasteiger partial charge in [-0.3, -0.25) is 4.79 Å². The lowest BCUT2D eigenvalue weighted by molar-refractivity contribution is -0.117. The molecule has 0 aliphatic carbocycles.